The molecule has 98 valence electrons. The Morgan fingerprint density at radius 1 is 0.789 bits per heavy atom. The molecule has 0 amide bonds. The second kappa shape index (κ2) is 5.33. The molecular formula is C15H14Br2N2. The molecule has 1 saturated carbocycles. The van der Waals surface area contributed by atoms with Crippen LogP contribution in [0.1, 0.15) is 37.1 Å². The molecule has 2 aromatic rings. The summed E-state index contributed by atoms with van der Waals surface area (Å²) in [6.45, 7) is 0. The van der Waals surface area contributed by atoms with Crippen LogP contribution in [0.4, 0.5) is 0 Å². The molecule has 0 aromatic carbocycles. The molecule has 2 aromatic heterocycles. The Labute approximate surface area is 129 Å². The highest BCUT2D eigenvalue weighted by Crippen LogP contribution is 2.45. The lowest BCUT2D eigenvalue weighted by atomic mass is 9.78. The molecule has 0 atom stereocenters. The van der Waals surface area contributed by atoms with Gasteiger partial charge in [0.25, 0.3) is 0 Å². The lowest BCUT2D eigenvalue weighted by Gasteiger charge is -2.28. The smallest absolute Gasteiger partial charge is 0.106 e. The maximum Gasteiger partial charge on any atom is 0.106 e. The van der Waals surface area contributed by atoms with Gasteiger partial charge in [-0.1, -0.05) is 25.0 Å². The Morgan fingerprint density at radius 2 is 1.26 bits per heavy atom. The molecule has 1 aliphatic carbocycles. The zero-order valence-corrected chi connectivity index (χ0v) is 13.6. The maximum atomic E-state index is 4.69. The van der Waals surface area contributed by atoms with Gasteiger partial charge in [-0.25, -0.2) is 9.97 Å². The Kier molecular flexibility index (Phi) is 3.72. The Bertz CT molecular complexity index is 545. The summed E-state index contributed by atoms with van der Waals surface area (Å²) in [4.78, 5) is 9.39. The largest absolute Gasteiger partial charge is 0.245 e. The van der Waals surface area contributed by atoms with Crippen LogP contribution < -0.4 is 0 Å². The fraction of sp³-hybridized carbons (Fsp3) is 0.333. The van der Waals surface area contributed by atoms with E-state index in [1.54, 1.807) is 0 Å². The molecule has 0 unspecified atom stereocenters. The van der Waals surface area contributed by atoms with Crippen molar-refractivity contribution in [1.82, 2.24) is 9.97 Å². The van der Waals surface area contributed by atoms with E-state index in [2.05, 4.69) is 56.1 Å². The van der Waals surface area contributed by atoms with Crippen molar-refractivity contribution in [3.05, 3.63) is 57.0 Å². The Hall–Kier alpha value is -0.740. The van der Waals surface area contributed by atoms with Crippen molar-refractivity contribution in [3.8, 4) is 0 Å². The van der Waals surface area contributed by atoms with Crippen LogP contribution in [0.25, 0.3) is 0 Å². The summed E-state index contributed by atoms with van der Waals surface area (Å²) >= 11 is 6.96. The third kappa shape index (κ3) is 2.48. The van der Waals surface area contributed by atoms with Gasteiger partial charge in [-0.3, -0.25) is 0 Å². The number of hydrogen-bond acceptors (Lipinski definition) is 2. The lowest BCUT2D eigenvalue weighted by molar-refractivity contribution is 0.500. The summed E-state index contributed by atoms with van der Waals surface area (Å²) in [5.74, 6) is 0. The van der Waals surface area contributed by atoms with Crippen molar-refractivity contribution >= 4 is 31.9 Å². The number of rotatable bonds is 2. The van der Waals surface area contributed by atoms with Crippen molar-refractivity contribution in [2.75, 3.05) is 0 Å². The van der Waals surface area contributed by atoms with E-state index in [9.17, 15) is 0 Å². The van der Waals surface area contributed by atoms with Crippen molar-refractivity contribution in [2.24, 2.45) is 0 Å². The first kappa shape index (κ1) is 13.3. The molecular weight excluding hydrogens is 368 g/mol. The van der Waals surface area contributed by atoms with Crippen molar-refractivity contribution in [3.63, 3.8) is 0 Å². The zero-order valence-electron chi connectivity index (χ0n) is 10.4. The van der Waals surface area contributed by atoms with Gasteiger partial charge in [0.15, 0.2) is 0 Å². The van der Waals surface area contributed by atoms with E-state index < -0.39 is 0 Å². The minimum absolute atomic E-state index is 0.0203. The number of nitrogens with zero attached hydrogens (tertiary/aromatic N) is 2. The highest BCUT2D eigenvalue weighted by molar-refractivity contribution is 9.10. The van der Waals surface area contributed by atoms with Gasteiger partial charge in [0.2, 0.25) is 0 Å². The van der Waals surface area contributed by atoms with E-state index >= 15 is 0 Å². The van der Waals surface area contributed by atoms with E-state index in [1.807, 2.05) is 12.1 Å². The van der Waals surface area contributed by atoms with Crippen molar-refractivity contribution in [1.29, 1.82) is 0 Å². The van der Waals surface area contributed by atoms with E-state index in [4.69, 9.17) is 9.97 Å². The van der Waals surface area contributed by atoms with E-state index in [-0.39, 0.29) is 5.41 Å². The Balaban J connectivity index is 2.14. The van der Waals surface area contributed by atoms with Crippen LogP contribution in [0, 0.1) is 0 Å². The van der Waals surface area contributed by atoms with Crippen molar-refractivity contribution in [2.45, 2.75) is 31.1 Å². The standard InChI is InChI=1S/C15H14Br2N2/c16-13-7-3-5-11(18-13)15(9-1-2-10-15)12-6-4-8-14(17)19-12/h3-8H,1-2,9-10H2. The van der Waals surface area contributed by atoms with E-state index in [0.29, 0.717) is 0 Å². The van der Waals surface area contributed by atoms with Gasteiger partial charge in [0.05, 0.1) is 16.8 Å². The van der Waals surface area contributed by atoms with Crippen LogP contribution in [0.5, 0.6) is 0 Å². The fourth-order valence-corrected chi connectivity index (χ4v) is 3.66. The van der Waals surface area contributed by atoms with E-state index in [1.165, 1.54) is 12.8 Å². The summed E-state index contributed by atoms with van der Waals surface area (Å²) in [6.07, 6.45) is 4.73. The SMILES string of the molecule is Brc1cccc(C2(c3cccc(Br)n3)CCCC2)n1. The van der Waals surface area contributed by atoms with Crippen LogP contribution in [0.3, 0.4) is 0 Å². The minimum Gasteiger partial charge on any atom is -0.245 e. The van der Waals surface area contributed by atoms with E-state index in [0.717, 1.165) is 33.4 Å². The third-order valence-corrected chi connectivity index (χ3v) is 4.75. The first-order valence-corrected chi connectivity index (χ1v) is 8.05. The monoisotopic (exact) mass is 380 g/mol. The molecule has 0 aliphatic heterocycles. The molecule has 0 radical (unpaired) electrons. The topological polar surface area (TPSA) is 25.8 Å². The fourth-order valence-electron chi connectivity index (χ4n) is 2.97. The molecule has 0 bridgehead atoms. The first-order chi connectivity index (χ1) is 9.21. The molecule has 0 saturated heterocycles. The third-order valence-electron chi connectivity index (χ3n) is 3.87. The van der Waals surface area contributed by atoms with Gasteiger partial charge in [0, 0.05) is 0 Å². The Morgan fingerprint density at radius 3 is 1.68 bits per heavy atom. The van der Waals surface area contributed by atoms with Gasteiger partial charge in [-0.2, -0.15) is 0 Å². The van der Waals surface area contributed by atoms with Crippen LogP contribution in [-0.4, -0.2) is 9.97 Å². The summed E-state index contributed by atoms with van der Waals surface area (Å²) in [5, 5.41) is 0. The molecule has 3 rings (SSSR count). The minimum atomic E-state index is -0.0203. The van der Waals surface area contributed by atoms with Crippen molar-refractivity contribution < 1.29 is 0 Å². The lowest BCUT2D eigenvalue weighted by Crippen LogP contribution is -2.26. The van der Waals surface area contributed by atoms with Crippen LogP contribution in [-0.2, 0) is 5.41 Å². The van der Waals surface area contributed by atoms with Crippen LogP contribution in [0.2, 0.25) is 0 Å². The number of pyridine rings is 2. The van der Waals surface area contributed by atoms with Gasteiger partial charge < -0.3 is 0 Å². The molecule has 2 heterocycles. The molecule has 19 heavy (non-hydrogen) atoms. The molecule has 1 fully saturated rings. The molecule has 0 N–H and O–H groups in total. The number of halogens is 2. The van der Waals surface area contributed by atoms with Gasteiger partial charge >= 0.3 is 0 Å². The summed E-state index contributed by atoms with van der Waals surface area (Å²) < 4.78 is 1.79. The average Bonchev–Trinajstić information content (AvgIpc) is 2.89. The van der Waals surface area contributed by atoms with Gasteiger partial charge in [-0.05, 0) is 69.0 Å². The summed E-state index contributed by atoms with van der Waals surface area (Å²) in [6, 6.07) is 12.3. The normalized spacial score (nSPS) is 17.6. The quantitative estimate of drug-likeness (QED) is 0.694. The van der Waals surface area contributed by atoms with Gasteiger partial charge in [0.1, 0.15) is 9.21 Å². The maximum absolute atomic E-state index is 4.69. The summed E-state index contributed by atoms with van der Waals surface area (Å²) in [7, 11) is 0. The van der Waals surface area contributed by atoms with Crippen LogP contribution in [0.15, 0.2) is 45.6 Å². The average molecular weight is 382 g/mol. The zero-order chi connectivity index (χ0) is 13.3. The molecule has 1 aliphatic rings. The second-order valence-corrected chi connectivity index (χ2v) is 6.61. The predicted molar refractivity (Wildman–Crippen MR) is 83.1 cm³/mol. The highest BCUT2D eigenvalue weighted by Gasteiger charge is 2.40. The molecule has 0 spiro atoms. The number of aromatic nitrogens is 2. The summed E-state index contributed by atoms with van der Waals surface area (Å²) in [5.41, 5.74) is 2.24. The highest BCUT2D eigenvalue weighted by atomic mass is 79.9. The second-order valence-electron chi connectivity index (χ2n) is 4.98. The molecule has 4 heteroatoms. The predicted octanol–water partition coefficient (Wildman–Crippen LogP) is 4.86. The van der Waals surface area contributed by atoms with Crippen LogP contribution >= 0.6 is 31.9 Å². The first-order valence-electron chi connectivity index (χ1n) is 6.47. The number of hydrogen-bond donors (Lipinski definition) is 0. The van der Waals surface area contributed by atoms with Gasteiger partial charge in [-0.15, -0.1) is 0 Å². The molecule has 2 nitrogen and oxygen atoms in total.